The summed E-state index contributed by atoms with van der Waals surface area (Å²) in [4.78, 5) is 10.7. The number of anilines is 1. The number of rotatable bonds is 3. The van der Waals surface area contributed by atoms with Crippen molar-refractivity contribution in [1.82, 2.24) is 0 Å². The highest BCUT2D eigenvalue weighted by Crippen LogP contribution is 2.26. The normalized spacial score (nSPS) is 14.6. The van der Waals surface area contributed by atoms with Gasteiger partial charge in [0.1, 0.15) is 5.60 Å². The number of carboxylic acids is 1. The Balaban J connectivity index is 3.28. The van der Waals surface area contributed by atoms with Gasteiger partial charge >= 0.3 is 5.97 Å². The van der Waals surface area contributed by atoms with Gasteiger partial charge in [0.2, 0.25) is 0 Å². The Morgan fingerprint density at radius 2 is 2.13 bits per heavy atom. The molecule has 0 amide bonds. The molecule has 0 saturated heterocycles. The summed E-state index contributed by atoms with van der Waals surface area (Å²) in [5.41, 5.74) is 4.54. The molecule has 0 bridgehead atoms. The average molecular weight is 211 g/mol. The summed E-state index contributed by atoms with van der Waals surface area (Å²) in [5, 5.41) is 27.5. The van der Waals surface area contributed by atoms with Gasteiger partial charge in [-0.05, 0) is 25.1 Å². The van der Waals surface area contributed by atoms with Crippen molar-refractivity contribution in [3.05, 3.63) is 29.3 Å². The van der Waals surface area contributed by atoms with Gasteiger partial charge in [-0.15, -0.1) is 0 Å². The van der Waals surface area contributed by atoms with Crippen LogP contribution in [0.15, 0.2) is 18.2 Å². The first-order valence-electron chi connectivity index (χ1n) is 4.35. The Kier molecular flexibility index (Phi) is 2.97. The Labute approximate surface area is 86.8 Å². The highest BCUT2D eigenvalue weighted by molar-refractivity contribution is 5.88. The van der Waals surface area contributed by atoms with Crippen LogP contribution in [0.25, 0.3) is 0 Å². The zero-order valence-corrected chi connectivity index (χ0v) is 8.27. The first kappa shape index (κ1) is 11.5. The lowest BCUT2D eigenvalue weighted by atomic mass is 9.93. The molecule has 5 heteroatoms. The highest BCUT2D eigenvalue weighted by atomic mass is 16.4. The maximum Gasteiger partial charge on any atom is 0.335 e. The molecule has 5 nitrogen and oxygen atoms in total. The van der Waals surface area contributed by atoms with Crippen LogP contribution in [0, 0.1) is 0 Å². The minimum atomic E-state index is -1.53. The third kappa shape index (κ3) is 2.26. The predicted molar refractivity (Wildman–Crippen MR) is 54.5 cm³/mol. The third-order valence-corrected chi connectivity index (χ3v) is 2.19. The Morgan fingerprint density at radius 3 is 2.60 bits per heavy atom. The van der Waals surface area contributed by atoms with E-state index >= 15 is 0 Å². The van der Waals surface area contributed by atoms with E-state index in [1.165, 1.54) is 25.1 Å². The summed E-state index contributed by atoms with van der Waals surface area (Å²) in [6.07, 6.45) is 0. The topological polar surface area (TPSA) is 104 Å². The molecule has 0 aliphatic heterocycles. The molecule has 82 valence electrons. The molecule has 1 unspecified atom stereocenters. The van der Waals surface area contributed by atoms with Crippen LogP contribution in [-0.2, 0) is 5.60 Å². The van der Waals surface area contributed by atoms with Crippen molar-refractivity contribution in [2.75, 3.05) is 12.3 Å². The number of carboxylic acid groups (broad SMARTS) is 1. The van der Waals surface area contributed by atoms with Crippen LogP contribution in [0.5, 0.6) is 0 Å². The van der Waals surface area contributed by atoms with Crippen LogP contribution in [0.1, 0.15) is 22.8 Å². The molecule has 0 fully saturated rings. The summed E-state index contributed by atoms with van der Waals surface area (Å²) < 4.78 is 0. The fourth-order valence-corrected chi connectivity index (χ4v) is 1.24. The number of benzene rings is 1. The molecule has 5 N–H and O–H groups in total. The van der Waals surface area contributed by atoms with Gasteiger partial charge in [-0.25, -0.2) is 4.79 Å². The standard InChI is InChI=1S/C10H13NO4/c1-10(15,5-12)7-4-6(9(13)14)2-3-8(7)11/h2-4,12,15H,5,11H2,1H3,(H,13,14). The Hall–Kier alpha value is -1.59. The maximum absolute atomic E-state index is 10.7. The first-order chi connectivity index (χ1) is 6.88. The SMILES string of the molecule is CC(O)(CO)c1cc(C(=O)O)ccc1N. The smallest absolute Gasteiger partial charge is 0.335 e. The lowest BCUT2D eigenvalue weighted by Crippen LogP contribution is -2.27. The lowest BCUT2D eigenvalue weighted by Gasteiger charge is -2.22. The average Bonchev–Trinajstić information content (AvgIpc) is 2.17. The van der Waals surface area contributed by atoms with Gasteiger partial charge < -0.3 is 21.1 Å². The van der Waals surface area contributed by atoms with Crippen molar-refractivity contribution in [1.29, 1.82) is 0 Å². The summed E-state index contributed by atoms with van der Waals surface area (Å²) in [6, 6.07) is 3.99. The molecule has 1 rings (SSSR count). The largest absolute Gasteiger partial charge is 0.478 e. The van der Waals surface area contributed by atoms with E-state index in [1.54, 1.807) is 0 Å². The number of aliphatic hydroxyl groups excluding tert-OH is 1. The van der Waals surface area contributed by atoms with Crippen molar-refractivity contribution in [3.8, 4) is 0 Å². The fraction of sp³-hybridized carbons (Fsp3) is 0.300. The Morgan fingerprint density at radius 1 is 1.53 bits per heavy atom. The summed E-state index contributed by atoms with van der Waals surface area (Å²) in [6.45, 7) is 0.838. The van der Waals surface area contributed by atoms with Gasteiger partial charge in [-0.2, -0.15) is 0 Å². The van der Waals surface area contributed by atoms with Gasteiger partial charge in [0.15, 0.2) is 0 Å². The number of aliphatic hydroxyl groups is 2. The number of hydrogen-bond donors (Lipinski definition) is 4. The number of carbonyl (C=O) groups is 1. The molecular weight excluding hydrogens is 198 g/mol. The van der Waals surface area contributed by atoms with Gasteiger partial charge in [0, 0.05) is 11.3 Å². The monoisotopic (exact) mass is 211 g/mol. The minimum Gasteiger partial charge on any atom is -0.478 e. The molecule has 0 saturated carbocycles. The minimum absolute atomic E-state index is 0.0212. The van der Waals surface area contributed by atoms with Crippen molar-refractivity contribution < 1.29 is 20.1 Å². The van der Waals surface area contributed by atoms with E-state index in [0.29, 0.717) is 0 Å². The third-order valence-electron chi connectivity index (χ3n) is 2.19. The van der Waals surface area contributed by atoms with E-state index in [4.69, 9.17) is 15.9 Å². The van der Waals surface area contributed by atoms with Gasteiger partial charge in [0.25, 0.3) is 0 Å². The molecule has 0 aliphatic carbocycles. The van der Waals surface area contributed by atoms with Gasteiger partial charge in [-0.1, -0.05) is 0 Å². The van der Waals surface area contributed by atoms with Crippen molar-refractivity contribution in [2.24, 2.45) is 0 Å². The molecule has 0 heterocycles. The van der Waals surface area contributed by atoms with E-state index in [-0.39, 0.29) is 16.8 Å². The second kappa shape index (κ2) is 3.88. The fourth-order valence-electron chi connectivity index (χ4n) is 1.24. The highest BCUT2D eigenvalue weighted by Gasteiger charge is 2.25. The Bertz CT molecular complexity index is 387. The molecule has 1 aromatic rings. The molecule has 15 heavy (non-hydrogen) atoms. The number of nitrogen functional groups attached to an aromatic ring is 1. The maximum atomic E-state index is 10.7. The number of nitrogens with two attached hydrogens (primary N) is 1. The summed E-state index contributed by atoms with van der Waals surface area (Å²) in [7, 11) is 0. The van der Waals surface area contributed by atoms with Crippen molar-refractivity contribution >= 4 is 11.7 Å². The second-order valence-electron chi connectivity index (χ2n) is 3.54. The van der Waals surface area contributed by atoms with E-state index in [1.807, 2.05) is 0 Å². The molecule has 0 spiro atoms. The quantitative estimate of drug-likeness (QED) is 0.533. The molecule has 0 aliphatic rings. The summed E-state index contributed by atoms with van der Waals surface area (Å²) in [5.74, 6) is -1.11. The van der Waals surface area contributed by atoms with Crippen molar-refractivity contribution in [3.63, 3.8) is 0 Å². The van der Waals surface area contributed by atoms with Crippen LogP contribution < -0.4 is 5.73 Å². The van der Waals surface area contributed by atoms with Crippen LogP contribution in [0.4, 0.5) is 5.69 Å². The molecule has 0 aromatic heterocycles. The molecule has 1 atom stereocenters. The predicted octanol–water partition coefficient (Wildman–Crippen LogP) is 0.167. The lowest BCUT2D eigenvalue weighted by molar-refractivity contribution is -0.00171. The van der Waals surface area contributed by atoms with E-state index in [9.17, 15) is 9.90 Å². The summed E-state index contributed by atoms with van der Waals surface area (Å²) >= 11 is 0. The number of aromatic carboxylic acids is 1. The zero-order valence-electron chi connectivity index (χ0n) is 8.27. The second-order valence-corrected chi connectivity index (χ2v) is 3.54. The van der Waals surface area contributed by atoms with Crippen molar-refractivity contribution in [2.45, 2.75) is 12.5 Å². The van der Waals surface area contributed by atoms with Crippen LogP contribution >= 0.6 is 0 Å². The van der Waals surface area contributed by atoms with E-state index in [2.05, 4.69) is 0 Å². The van der Waals surface area contributed by atoms with E-state index in [0.717, 1.165) is 0 Å². The van der Waals surface area contributed by atoms with Gasteiger partial charge in [0.05, 0.1) is 12.2 Å². The van der Waals surface area contributed by atoms with Crippen LogP contribution in [-0.4, -0.2) is 27.9 Å². The molecular formula is C10H13NO4. The molecule has 1 aromatic carbocycles. The van der Waals surface area contributed by atoms with Crippen LogP contribution in [0.3, 0.4) is 0 Å². The number of hydrogen-bond acceptors (Lipinski definition) is 4. The van der Waals surface area contributed by atoms with E-state index < -0.39 is 18.2 Å². The van der Waals surface area contributed by atoms with Crippen LogP contribution in [0.2, 0.25) is 0 Å². The van der Waals surface area contributed by atoms with Gasteiger partial charge in [-0.3, -0.25) is 0 Å². The zero-order chi connectivity index (χ0) is 11.6. The first-order valence-corrected chi connectivity index (χ1v) is 4.35. The molecule has 0 radical (unpaired) electrons.